The quantitative estimate of drug-likeness (QED) is 0.390. The number of nitrogen functional groups attached to an aromatic ring is 2. The molecule has 12 heavy (non-hydrogen) atoms. The zero-order valence-electron chi connectivity index (χ0n) is 6.58. The molecule has 4 N–H and O–H groups in total. The second-order valence-corrected chi connectivity index (χ2v) is 2.42. The van der Waals surface area contributed by atoms with Crippen LogP contribution < -0.4 is 11.5 Å². The molecule has 3 nitrogen and oxygen atoms in total. The lowest BCUT2D eigenvalue weighted by Crippen LogP contribution is -2.01. The molecule has 0 unspecified atom stereocenters. The molecule has 1 aromatic rings. The van der Waals surface area contributed by atoms with Crippen LogP contribution in [-0.2, 0) is 0 Å². The summed E-state index contributed by atoms with van der Waals surface area (Å²) < 4.78 is 0. The first-order chi connectivity index (χ1) is 5.65. The maximum Gasteiger partial charge on any atom is 0.187 e. The fraction of sp³-hybridized carbons (Fsp3) is 0. The maximum absolute atomic E-state index is 11.1. The minimum Gasteiger partial charge on any atom is -0.399 e. The molecule has 0 saturated carbocycles. The molecule has 0 bridgehead atoms. The molecular formula is C9H10N2O. The summed E-state index contributed by atoms with van der Waals surface area (Å²) in [5.74, 6) is -0.209. The summed E-state index contributed by atoms with van der Waals surface area (Å²) in [6.45, 7) is 3.36. The van der Waals surface area contributed by atoms with E-state index in [4.69, 9.17) is 11.5 Å². The van der Waals surface area contributed by atoms with Crippen LogP contribution in [0.25, 0.3) is 0 Å². The summed E-state index contributed by atoms with van der Waals surface area (Å²) in [5.41, 5.74) is 12.4. The topological polar surface area (TPSA) is 69.1 Å². The molecule has 1 aromatic carbocycles. The lowest BCUT2D eigenvalue weighted by atomic mass is 10.1. The number of carbonyl (C=O) groups excluding carboxylic acids is 1. The van der Waals surface area contributed by atoms with Crippen molar-refractivity contribution in [2.45, 2.75) is 0 Å². The zero-order chi connectivity index (χ0) is 9.14. The first-order valence-electron chi connectivity index (χ1n) is 3.47. The van der Waals surface area contributed by atoms with Crippen molar-refractivity contribution in [2.75, 3.05) is 11.5 Å². The Kier molecular flexibility index (Phi) is 2.14. The van der Waals surface area contributed by atoms with E-state index >= 15 is 0 Å². The first-order valence-corrected chi connectivity index (χ1v) is 3.47. The average molecular weight is 162 g/mol. The molecule has 0 saturated heterocycles. The van der Waals surface area contributed by atoms with Crippen molar-refractivity contribution in [3.8, 4) is 0 Å². The highest BCUT2D eigenvalue weighted by Gasteiger charge is 2.05. The van der Waals surface area contributed by atoms with Gasteiger partial charge in [0.1, 0.15) is 0 Å². The van der Waals surface area contributed by atoms with Crippen LogP contribution in [0, 0.1) is 0 Å². The molecule has 0 spiro atoms. The third-order valence-electron chi connectivity index (χ3n) is 1.53. The number of rotatable bonds is 2. The Morgan fingerprint density at radius 2 is 2.08 bits per heavy atom. The molecule has 0 atom stereocenters. The van der Waals surface area contributed by atoms with Crippen LogP contribution in [0.1, 0.15) is 10.4 Å². The Hall–Kier alpha value is -1.77. The largest absolute Gasteiger partial charge is 0.399 e. The van der Waals surface area contributed by atoms with Crippen LogP contribution in [-0.4, -0.2) is 5.78 Å². The molecule has 0 aliphatic heterocycles. The van der Waals surface area contributed by atoms with Crippen LogP contribution >= 0.6 is 0 Å². The van der Waals surface area contributed by atoms with E-state index in [1.165, 1.54) is 6.08 Å². The van der Waals surface area contributed by atoms with Gasteiger partial charge < -0.3 is 11.5 Å². The summed E-state index contributed by atoms with van der Waals surface area (Å²) in [7, 11) is 0. The summed E-state index contributed by atoms with van der Waals surface area (Å²) in [6.07, 6.45) is 1.21. The Morgan fingerprint density at radius 1 is 1.42 bits per heavy atom. The van der Waals surface area contributed by atoms with Crippen molar-refractivity contribution >= 4 is 17.2 Å². The molecule has 0 aliphatic rings. The molecule has 1 rings (SSSR count). The fourth-order valence-electron chi connectivity index (χ4n) is 0.897. The van der Waals surface area contributed by atoms with E-state index in [1.807, 2.05) is 0 Å². The molecule has 0 amide bonds. The number of benzene rings is 1. The number of ketones is 1. The van der Waals surface area contributed by atoms with Gasteiger partial charge in [-0.1, -0.05) is 6.58 Å². The van der Waals surface area contributed by atoms with Crippen molar-refractivity contribution in [3.63, 3.8) is 0 Å². The summed E-state index contributed by atoms with van der Waals surface area (Å²) in [6, 6.07) is 4.79. The Balaban J connectivity index is 3.22. The Labute approximate surface area is 70.7 Å². The summed E-state index contributed by atoms with van der Waals surface area (Å²) >= 11 is 0. The molecular weight excluding hydrogens is 152 g/mol. The second kappa shape index (κ2) is 3.09. The maximum atomic E-state index is 11.1. The van der Waals surface area contributed by atoms with E-state index in [2.05, 4.69) is 6.58 Å². The average Bonchev–Trinajstić information content (AvgIpc) is 2.08. The van der Waals surface area contributed by atoms with Crippen LogP contribution in [0.3, 0.4) is 0 Å². The lowest BCUT2D eigenvalue weighted by molar-refractivity contribution is 0.104. The van der Waals surface area contributed by atoms with E-state index in [0.717, 1.165) is 0 Å². The Morgan fingerprint density at radius 3 is 2.67 bits per heavy atom. The van der Waals surface area contributed by atoms with Gasteiger partial charge in [0.05, 0.1) is 0 Å². The molecule has 62 valence electrons. The molecule has 3 heteroatoms. The van der Waals surface area contributed by atoms with Gasteiger partial charge in [0, 0.05) is 16.9 Å². The van der Waals surface area contributed by atoms with Gasteiger partial charge in [-0.05, 0) is 24.3 Å². The van der Waals surface area contributed by atoms with Gasteiger partial charge >= 0.3 is 0 Å². The highest BCUT2D eigenvalue weighted by atomic mass is 16.1. The number of hydrogen-bond acceptors (Lipinski definition) is 3. The minimum atomic E-state index is -0.209. The predicted octanol–water partition coefficient (Wildman–Crippen LogP) is 1.22. The molecule has 0 aliphatic carbocycles. The molecule has 0 heterocycles. The van der Waals surface area contributed by atoms with Gasteiger partial charge in [-0.25, -0.2) is 0 Å². The van der Waals surface area contributed by atoms with E-state index in [9.17, 15) is 4.79 Å². The summed E-state index contributed by atoms with van der Waals surface area (Å²) in [5, 5.41) is 0. The number of anilines is 2. The van der Waals surface area contributed by atoms with E-state index in [-0.39, 0.29) is 5.78 Å². The summed E-state index contributed by atoms with van der Waals surface area (Å²) in [4.78, 5) is 11.1. The Bertz CT molecular complexity index is 331. The van der Waals surface area contributed by atoms with E-state index in [1.54, 1.807) is 18.2 Å². The van der Waals surface area contributed by atoms with Gasteiger partial charge in [-0.2, -0.15) is 0 Å². The van der Waals surface area contributed by atoms with Gasteiger partial charge in [0.25, 0.3) is 0 Å². The van der Waals surface area contributed by atoms with Crippen LogP contribution in [0.15, 0.2) is 30.9 Å². The molecule has 0 radical (unpaired) electrons. The third-order valence-corrected chi connectivity index (χ3v) is 1.53. The number of hydrogen-bond donors (Lipinski definition) is 2. The monoisotopic (exact) mass is 162 g/mol. The SMILES string of the molecule is C=CC(=O)c1cc(N)ccc1N. The van der Waals surface area contributed by atoms with Gasteiger partial charge in [-0.3, -0.25) is 4.79 Å². The van der Waals surface area contributed by atoms with E-state index < -0.39 is 0 Å². The normalized spacial score (nSPS) is 9.33. The van der Waals surface area contributed by atoms with Crippen molar-refractivity contribution in [1.29, 1.82) is 0 Å². The van der Waals surface area contributed by atoms with Crippen LogP contribution in [0.5, 0.6) is 0 Å². The molecule has 0 fully saturated rings. The second-order valence-electron chi connectivity index (χ2n) is 2.42. The van der Waals surface area contributed by atoms with Crippen LogP contribution in [0.4, 0.5) is 11.4 Å². The smallest absolute Gasteiger partial charge is 0.187 e. The predicted molar refractivity (Wildman–Crippen MR) is 49.8 cm³/mol. The number of nitrogens with two attached hydrogens (primary N) is 2. The molecule has 0 aromatic heterocycles. The third kappa shape index (κ3) is 1.45. The number of allylic oxidation sites excluding steroid dienone is 1. The zero-order valence-corrected chi connectivity index (χ0v) is 6.58. The fourth-order valence-corrected chi connectivity index (χ4v) is 0.897. The first kappa shape index (κ1) is 8.33. The van der Waals surface area contributed by atoms with Gasteiger partial charge in [0.15, 0.2) is 5.78 Å². The van der Waals surface area contributed by atoms with E-state index in [0.29, 0.717) is 16.9 Å². The highest BCUT2D eigenvalue weighted by Crippen LogP contribution is 2.16. The highest BCUT2D eigenvalue weighted by molar-refractivity contribution is 6.08. The van der Waals surface area contributed by atoms with Crippen molar-refractivity contribution in [3.05, 3.63) is 36.4 Å². The van der Waals surface area contributed by atoms with Crippen LogP contribution in [0.2, 0.25) is 0 Å². The van der Waals surface area contributed by atoms with Gasteiger partial charge in [-0.15, -0.1) is 0 Å². The number of carbonyl (C=O) groups is 1. The van der Waals surface area contributed by atoms with Crippen molar-refractivity contribution < 1.29 is 4.79 Å². The lowest BCUT2D eigenvalue weighted by Gasteiger charge is -2.01. The standard InChI is InChI=1S/C9H10N2O/c1-2-9(12)7-5-6(10)3-4-8(7)11/h2-5H,1,10-11H2. The van der Waals surface area contributed by atoms with Crippen molar-refractivity contribution in [2.24, 2.45) is 0 Å². The minimum absolute atomic E-state index is 0.209. The van der Waals surface area contributed by atoms with Gasteiger partial charge in [0.2, 0.25) is 0 Å². The van der Waals surface area contributed by atoms with Crippen molar-refractivity contribution in [1.82, 2.24) is 0 Å².